The summed E-state index contributed by atoms with van der Waals surface area (Å²) in [7, 11) is 1.57. The van der Waals surface area contributed by atoms with Crippen LogP contribution in [0.2, 0.25) is 0 Å². The first-order valence-electron chi connectivity index (χ1n) is 5.66. The minimum absolute atomic E-state index is 0.229. The molecule has 0 unspecified atom stereocenters. The lowest BCUT2D eigenvalue weighted by Crippen LogP contribution is -2.34. The molecule has 0 atom stereocenters. The van der Waals surface area contributed by atoms with Crippen LogP contribution in [0.5, 0.6) is 5.75 Å². The fourth-order valence-corrected chi connectivity index (χ4v) is 1.36. The number of benzene rings is 1. The van der Waals surface area contributed by atoms with Crippen LogP contribution in [-0.2, 0) is 0 Å². The third kappa shape index (κ3) is 4.74. The molecule has 3 N–H and O–H groups in total. The zero-order valence-corrected chi connectivity index (χ0v) is 10.2. The molecule has 0 spiro atoms. The number of methoxy groups -OCH3 is 1. The molecule has 2 amide bonds. The minimum atomic E-state index is -0.229. The zero-order valence-electron chi connectivity index (χ0n) is 10.2. The van der Waals surface area contributed by atoms with E-state index in [4.69, 9.17) is 4.74 Å². The Kier molecular flexibility index (Phi) is 5.88. The molecule has 0 aromatic heterocycles. The van der Waals surface area contributed by atoms with Gasteiger partial charge in [-0.05, 0) is 18.7 Å². The van der Waals surface area contributed by atoms with Crippen molar-refractivity contribution in [2.45, 2.75) is 6.92 Å². The maximum absolute atomic E-state index is 11.5. The number of anilines is 1. The Labute approximate surface area is 102 Å². The largest absolute Gasteiger partial charge is 0.495 e. The molecule has 5 heteroatoms. The molecule has 0 radical (unpaired) electrons. The van der Waals surface area contributed by atoms with E-state index >= 15 is 0 Å². The van der Waals surface area contributed by atoms with E-state index in [1.807, 2.05) is 19.1 Å². The van der Waals surface area contributed by atoms with Crippen molar-refractivity contribution in [3.63, 3.8) is 0 Å². The summed E-state index contributed by atoms with van der Waals surface area (Å²) in [5.41, 5.74) is 0.663. The monoisotopic (exact) mass is 237 g/mol. The zero-order chi connectivity index (χ0) is 12.5. The average molecular weight is 237 g/mol. The second-order valence-electron chi connectivity index (χ2n) is 3.43. The average Bonchev–Trinajstić information content (AvgIpc) is 2.35. The van der Waals surface area contributed by atoms with Crippen molar-refractivity contribution in [2.75, 3.05) is 32.1 Å². The number of hydrogen-bond donors (Lipinski definition) is 3. The van der Waals surface area contributed by atoms with Gasteiger partial charge < -0.3 is 20.7 Å². The van der Waals surface area contributed by atoms with E-state index in [9.17, 15) is 4.79 Å². The first kappa shape index (κ1) is 13.3. The third-order valence-electron chi connectivity index (χ3n) is 2.19. The van der Waals surface area contributed by atoms with Gasteiger partial charge >= 0.3 is 6.03 Å². The Morgan fingerprint density at radius 1 is 1.29 bits per heavy atom. The molecule has 0 bridgehead atoms. The van der Waals surface area contributed by atoms with E-state index < -0.39 is 0 Å². The van der Waals surface area contributed by atoms with E-state index in [1.54, 1.807) is 19.2 Å². The van der Waals surface area contributed by atoms with Crippen LogP contribution in [0.15, 0.2) is 24.3 Å². The molecule has 0 saturated heterocycles. The van der Waals surface area contributed by atoms with Crippen LogP contribution in [0.25, 0.3) is 0 Å². The molecule has 0 aliphatic carbocycles. The van der Waals surface area contributed by atoms with E-state index in [-0.39, 0.29) is 6.03 Å². The van der Waals surface area contributed by atoms with Gasteiger partial charge in [-0.3, -0.25) is 0 Å². The Bertz CT molecular complexity index is 355. The van der Waals surface area contributed by atoms with E-state index in [2.05, 4.69) is 16.0 Å². The predicted molar refractivity (Wildman–Crippen MR) is 68.6 cm³/mol. The van der Waals surface area contributed by atoms with Crippen LogP contribution in [0.3, 0.4) is 0 Å². The van der Waals surface area contributed by atoms with Crippen LogP contribution < -0.4 is 20.7 Å². The lowest BCUT2D eigenvalue weighted by atomic mass is 10.3. The van der Waals surface area contributed by atoms with Gasteiger partial charge in [-0.25, -0.2) is 4.79 Å². The van der Waals surface area contributed by atoms with Crippen LogP contribution >= 0.6 is 0 Å². The number of likely N-dealkylation sites (N-methyl/N-ethyl adjacent to an activating group) is 1. The van der Waals surface area contributed by atoms with Crippen LogP contribution in [0, 0.1) is 0 Å². The molecule has 1 rings (SSSR count). The number of amides is 2. The number of rotatable bonds is 6. The molecule has 0 heterocycles. The van der Waals surface area contributed by atoms with Crippen LogP contribution in [0.4, 0.5) is 10.5 Å². The molecule has 0 aliphatic rings. The molecule has 0 saturated carbocycles. The Morgan fingerprint density at radius 2 is 2.06 bits per heavy atom. The summed E-state index contributed by atoms with van der Waals surface area (Å²) in [6.07, 6.45) is 0. The Balaban J connectivity index is 2.39. The van der Waals surface area contributed by atoms with Gasteiger partial charge in [-0.1, -0.05) is 19.1 Å². The highest BCUT2D eigenvalue weighted by atomic mass is 16.5. The van der Waals surface area contributed by atoms with Crippen molar-refractivity contribution in [1.82, 2.24) is 10.6 Å². The number of nitrogens with one attached hydrogen (secondary N) is 3. The number of ether oxygens (including phenoxy) is 1. The van der Waals surface area contributed by atoms with Crippen molar-refractivity contribution in [3.05, 3.63) is 24.3 Å². The number of hydrogen-bond acceptors (Lipinski definition) is 3. The van der Waals surface area contributed by atoms with E-state index in [0.29, 0.717) is 18.0 Å². The van der Waals surface area contributed by atoms with Crippen LogP contribution in [0.1, 0.15) is 6.92 Å². The van der Waals surface area contributed by atoms with Gasteiger partial charge in [0.05, 0.1) is 12.8 Å². The summed E-state index contributed by atoms with van der Waals surface area (Å²) in [6.45, 7) is 4.27. The number of carbonyl (C=O) groups excluding carboxylic acids is 1. The van der Waals surface area contributed by atoms with Crippen molar-refractivity contribution >= 4 is 11.7 Å². The first-order valence-corrected chi connectivity index (χ1v) is 5.66. The second kappa shape index (κ2) is 7.51. The Hall–Kier alpha value is -1.75. The summed E-state index contributed by atoms with van der Waals surface area (Å²) in [5, 5.41) is 8.61. The Morgan fingerprint density at radius 3 is 2.76 bits per heavy atom. The second-order valence-corrected chi connectivity index (χ2v) is 3.43. The number of carbonyl (C=O) groups is 1. The maximum atomic E-state index is 11.5. The van der Waals surface area contributed by atoms with E-state index in [0.717, 1.165) is 13.1 Å². The molecule has 17 heavy (non-hydrogen) atoms. The fraction of sp³-hybridized carbons (Fsp3) is 0.417. The van der Waals surface area contributed by atoms with Gasteiger partial charge in [-0.2, -0.15) is 0 Å². The molecule has 94 valence electrons. The lowest BCUT2D eigenvalue weighted by molar-refractivity contribution is 0.252. The van der Waals surface area contributed by atoms with Gasteiger partial charge in [0, 0.05) is 13.1 Å². The normalized spacial score (nSPS) is 9.76. The van der Waals surface area contributed by atoms with Gasteiger partial charge in [-0.15, -0.1) is 0 Å². The fourth-order valence-electron chi connectivity index (χ4n) is 1.36. The lowest BCUT2D eigenvalue weighted by Gasteiger charge is -2.10. The minimum Gasteiger partial charge on any atom is -0.495 e. The highest BCUT2D eigenvalue weighted by Gasteiger charge is 2.05. The van der Waals surface area contributed by atoms with Crippen molar-refractivity contribution in [2.24, 2.45) is 0 Å². The highest BCUT2D eigenvalue weighted by Crippen LogP contribution is 2.22. The standard InChI is InChI=1S/C12H19N3O2/c1-3-13-8-9-14-12(16)15-10-6-4-5-7-11(10)17-2/h4-7,13H,3,8-9H2,1-2H3,(H2,14,15,16). The van der Waals surface area contributed by atoms with Crippen molar-refractivity contribution < 1.29 is 9.53 Å². The van der Waals surface area contributed by atoms with Crippen LogP contribution in [-0.4, -0.2) is 32.8 Å². The number of urea groups is 1. The van der Waals surface area contributed by atoms with Crippen molar-refractivity contribution in [3.8, 4) is 5.75 Å². The smallest absolute Gasteiger partial charge is 0.319 e. The first-order chi connectivity index (χ1) is 8.27. The number of para-hydroxylation sites is 2. The maximum Gasteiger partial charge on any atom is 0.319 e. The summed E-state index contributed by atoms with van der Waals surface area (Å²) in [6, 6.07) is 7.06. The van der Waals surface area contributed by atoms with Gasteiger partial charge in [0.25, 0.3) is 0 Å². The van der Waals surface area contributed by atoms with E-state index in [1.165, 1.54) is 0 Å². The summed E-state index contributed by atoms with van der Waals surface area (Å²) < 4.78 is 5.13. The summed E-state index contributed by atoms with van der Waals surface area (Å²) in [5.74, 6) is 0.648. The highest BCUT2D eigenvalue weighted by molar-refractivity contribution is 5.90. The topological polar surface area (TPSA) is 62.4 Å². The van der Waals surface area contributed by atoms with Gasteiger partial charge in [0.2, 0.25) is 0 Å². The predicted octanol–water partition coefficient (Wildman–Crippen LogP) is 1.43. The van der Waals surface area contributed by atoms with Gasteiger partial charge in [0.1, 0.15) is 5.75 Å². The summed E-state index contributed by atoms with van der Waals surface area (Å²) >= 11 is 0. The molecule has 5 nitrogen and oxygen atoms in total. The molecule has 0 fully saturated rings. The molecule has 1 aromatic carbocycles. The summed E-state index contributed by atoms with van der Waals surface area (Å²) in [4.78, 5) is 11.5. The SMILES string of the molecule is CCNCCNC(=O)Nc1ccccc1OC. The molecular weight excluding hydrogens is 218 g/mol. The molecule has 1 aromatic rings. The van der Waals surface area contributed by atoms with Crippen molar-refractivity contribution in [1.29, 1.82) is 0 Å². The molecule has 0 aliphatic heterocycles. The third-order valence-corrected chi connectivity index (χ3v) is 2.19. The van der Waals surface area contributed by atoms with Gasteiger partial charge in [0.15, 0.2) is 0 Å². The molecular formula is C12H19N3O2. The quantitative estimate of drug-likeness (QED) is 0.656.